The van der Waals surface area contributed by atoms with Gasteiger partial charge in [-0.2, -0.15) is 5.26 Å². The first-order valence-corrected chi connectivity index (χ1v) is 9.57. The average molecular weight is 397 g/mol. The molecule has 0 aliphatic carbocycles. The van der Waals surface area contributed by atoms with Gasteiger partial charge in [-0.1, -0.05) is 11.8 Å². The van der Waals surface area contributed by atoms with E-state index in [2.05, 4.69) is 10.3 Å². The summed E-state index contributed by atoms with van der Waals surface area (Å²) >= 11 is 1.17. The number of nitrogens with zero attached hydrogens (tertiary/aromatic N) is 2. The van der Waals surface area contributed by atoms with Crippen LogP contribution < -0.4 is 14.8 Å². The van der Waals surface area contributed by atoms with E-state index in [9.17, 15) is 14.9 Å². The second-order valence-electron chi connectivity index (χ2n) is 6.25. The fraction of sp³-hybridized carbons (Fsp3) is 0.300. The number of anilines is 1. The number of hydrogen-bond acceptors (Lipinski definition) is 7. The van der Waals surface area contributed by atoms with E-state index in [1.165, 1.54) is 24.8 Å². The number of fused-ring (bicyclic) bond motifs is 1. The van der Waals surface area contributed by atoms with Crippen LogP contribution in [0.5, 0.6) is 11.5 Å². The van der Waals surface area contributed by atoms with E-state index >= 15 is 0 Å². The molecule has 1 aliphatic heterocycles. The number of carbonyl (C=O) groups is 2. The van der Waals surface area contributed by atoms with E-state index in [1.807, 2.05) is 6.07 Å². The molecule has 0 radical (unpaired) electrons. The van der Waals surface area contributed by atoms with Gasteiger partial charge in [-0.25, -0.2) is 4.98 Å². The molecule has 1 N–H and O–H groups in total. The smallest absolute Gasteiger partial charge is 0.237 e. The van der Waals surface area contributed by atoms with Crippen molar-refractivity contribution in [1.29, 1.82) is 5.26 Å². The highest BCUT2D eigenvalue weighted by Gasteiger charge is 2.20. The first-order chi connectivity index (χ1) is 13.4. The first kappa shape index (κ1) is 19.7. The van der Waals surface area contributed by atoms with Crippen LogP contribution in [0.15, 0.2) is 29.3 Å². The zero-order valence-electron chi connectivity index (χ0n) is 15.7. The number of carbonyl (C=O) groups excluding carboxylic acids is 2. The van der Waals surface area contributed by atoms with Gasteiger partial charge in [0.25, 0.3) is 0 Å². The van der Waals surface area contributed by atoms with Crippen molar-refractivity contribution < 1.29 is 19.1 Å². The Hall–Kier alpha value is -3.05. The van der Waals surface area contributed by atoms with Crippen molar-refractivity contribution in [2.75, 3.05) is 18.5 Å². The van der Waals surface area contributed by atoms with Gasteiger partial charge in [0.15, 0.2) is 17.3 Å². The van der Waals surface area contributed by atoms with Crippen molar-refractivity contribution >= 4 is 29.1 Å². The third-order valence-electron chi connectivity index (χ3n) is 4.15. The van der Waals surface area contributed by atoms with Crippen molar-refractivity contribution in [1.82, 2.24) is 4.98 Å². The van der Waals surface area contributed by atoms with Crippen LogP contribution in [0.2, 0.25) is 0 Å². The largest absolute Gasteiger partial charge is 0.486 e. The molecule has 144 valence electrons. The van der Waals surface area contributed by atoms with Crippen molar-refractivity contribution in [3.8, 4) is 17.6 Å². The highest BCUT2D eigenvalue weighted by molar-refractivity contribution is 8.00. The summed E-state index contributed by atoms with van der Waals surface area (Å²) in [6.45, 7) is 5.84. The van der Waals surface area contributed by atoms with Gasteiger partial charge >= 0.3 is 0 Å². The first-order valence-electron chi connectivity index (χ1n) is 8.69. The average Bonchev–Trinajstić information content (AvgIpc) is 2.67. The van der Waals surface area contributed by atoms with Gasteiger partial charge in [0, 0.05) is 23.0 Å². The van der Waals surface area contributed by atoms with Crippen molar-refractivity contribution in [2.45, 2.75) is 31.0 Å². The molecule has 0 saturated heterocycles. The van der Waals surface area contributed by atoms with Gasteiger partial charge in [0.2, 0.25) is 5.91 Å². The zero-order valence-corrected chi connectivity index (χ0v) is 16.6. The predicted molar refractivity (Wildman–Crippen MR) is 105 cm³/mol. The molecule has 1 unspecified atom stereocenters. The Labute approximate surface area is 167 Å². The van der Waals surface area contributed by atoms with Crippen LogP contribution in [0.3, 0.4) is 0 Å². The number of hydrogen-bond donors (Lipinski definition) is 1. The Morgan fingerprint density at radius 3 is 2.64 bits per heavy atom. The number of rotatable bonds is 5. The van der Waals surface area contributed by atoms with Crippen LogP contribution in [0, 0.1) is 18.3 Å². The van der Waals surface area contributed by atoms with Gasteiger partial charge in [-0.15, -0.1) is 0 Å². The number of ketones is 1. The second-order valence-corrected chi connectivity index (χ2v) is 7.58. The summed E-state index contributed by atoms with van der Waals surface area (Å²) in [5, 5.41) is 12.1. The monoisotopic (exact) mass is 397 g/mol. The molecule has 0 fully saturated rings. The molecule has 7 nitrogen and oxygen atoms in total. The third kappa shape index (κ3) is 4.26. The molecule has 0 saturated carbocycles. The number of nitrogens with one attached hydrogen (secondary N) is 1. The van der Waals surface area contributed by atoms with Gasteiger partial charge < -0.3 is 14.8 Å². The molecule has 8 heteroatoms. The summed E-state index contributed by atoms with van der Waals surface area (Å²) in [7, 11) is 0. The second kappa shape index (κ2) is 8.31. The lowest BCUT2D eigenvalue weighted by Gasteiger charge is -2.19. The van der Waals surface area contributed by atoms with E-state index < -0.39 is 5.25 Å². The van der Waals surface area contributed by atoms with E-state index in [-0.39, 0.29) is 17.3 Å². The van der Waals surface area contributed by atoms with Gasteiger partial charge in [0.05, 0.1) is 10.8 Å². The molecule has 1 aliphatic rings. The highest BCUT2D eigenvalue weighted by atomic mass is 32.2. The number of Topliss-reactive ketones (excluding diaryl/α,β-unsaturated/α-hetero) is 1. The topological polar surface area (TPSA) is 101 Å². The maximum atomic E-state index is 12.6. The van der Waals surface area contributed by atoms with Crippen LogP contribution in [-0.4, -0.2) is 35.1 Å². The molecule has 2 heterocycles. The highest BCUT2D eigenvalue weighted by Crippen LogP contribution is 2.33. The molecule has 1 atom stereocenters. The summed E-state index contributed by atoms with van der Waals surface area (Å²) in [5.41, 5.74) is 1.82. The minimum Gasteiger partial charge on any atom is -0.486 e. The molecule has 0 spiro atoms. The standard InChI is InChI=1S/C20H19N3O4S/c1-11-16(12(2)24)8-14(10-21)20(22-11)28-13(3)19(25)23-15-4-5-17-18(9-15)27-7-6-26-17/h4-5,8-9,13H,6-7H2,1-3H3,(H,23,25). The Balaban J connectivity index is 1.73. The number of pyridine rings is 1. The normalized spacial score (nSPS) is 13.4. The lowest BCUT2D eigenvalue weighted by Crippen LogP contribution is -2.23. The summed E-state index contributed by atoms with van der Waals surface area (Å²) in [6, 6.07) is 8.79. The third-order valence-corrected chi connectivity index (χ3v) is 5.25. The van der Waals surface area contributed by atoms with E-state index in [0.29, 0.717) is 46.7 Å². The fourth-order valence-corrected chi connectivity index (χ4v) is 3.62. The number of ether oxygens (including phenoxy) is 2. The molecule has 0 bridgehead atoms. The maximum absolute atomic E-state index is 12.6. The fourth-order valence-electron chi connectivity index (χ4n) is 2.70. The van der Waals surface area contributed by atoms with E-state index in [1.54, 1.807) is 32.0 Å². The molecular formula is C20H19N3O4S. The zero-order chi connectivity index (χ0) is 20.3. The summed E-state index contributed by atoms with van der Waals surface area (Å²) < 4.78 is 11.0. The molecular weight excluding hydrogens is 378 g/mol. The van der Waals surface area contributed by atoms with Crippen LogP contribution in [0.25, 0.3) is 0 Å². The summed E-state index contributed by atoms with van der Waals surface area (Å²) in [4.78, 5) is 28.6. The molecule has 28 heavy (non-hydrogen) atoms. The van der Waals surface area contributed by atoms with E-state index in [4.69, 9.17) is 9.47 Å². The van der Waals surface area contributed by atoms with Crippen LogP contribution in [0.4, 0.5) is 5.69 Å². The summed E-state index contributed by atoms with van der Waals surface area (Å²) in [6.07, 6.45) is 0. The molecule has 3 rings (SSSR count). The van der Waals surface area contributed by atoms with Crippen LogP contribution in [-0.2, 0) is 4.79 Å². The maximum Gasteiger partial charge on any atom is 0.237 e. The minimum absolute atomic E-state index is 0.151. The van der Waals surface area contributed by atoms with E-state index in [0.717, 1.165) is 0 Å². The molecule has 2 aromatic rings. The number of nitriles is 1. The number of thioether (sulfide) groups is 1. The number of aromatic nitrogens is 1. The number of amides is 1. The molecule has 1 aromatic carbocycles. The lowest BCUT2D eigenvalue weighted by molar-refractivity contribution is -0.115. The van der Waals surface area contributed by atoms with Gasteiger partial charge in [-0.05, 0) is 39.0 Å². The number of aryl methyl sites for hydroxylation is 1. The van der Waals surface area contributed by atoms with Crippen molar-refractivity contribution in [3.05, 3.63) is 41.1 Å². The molecule has 1 amide bonds. The predicted octanol–water partition coefficient (Wildman–Crippen LogP) is 3.35. The van der Waals surface area contributed by atoms with Gasteiger partial charge in [0.1, 0.15) is 24.3 Å². The molecule has 1 aromatic heterocycles. The number of benzene rings is 1. The minimum atomic E-state index is -0.504. The Kier molecular flexibility index (Phi) is 5.85. The van der Waals surface area contributed by atoms with Gasteiger partial charge in [-0.3, -0.25) is 9.59 Å². The van der Waals surface area contributed by atoms with Crippen LogP contribution in [0.1, 0.15) is 35.5 Å². The quantitative estimate of drug-likeness (QED) is 0.610. The summed E-state index contributed by atoms with van der Waals surface area (Å²) in [5.74, 6) is 0.854. The Morgan fingerprint density at radius 1 is 1.25 bits per heavy atom. The Bertz CT molecular complexity index is 984. The lowest BCUT2D eigenvalue weighted by atomic mass is 10.1. The SMILES string of the molecule is CC(=O)c1cc(C#N)c(SC(C)C(=O)Nc2ccc3c(c2)OCCO3)nc1C. The Morgan fingerprint density at radius 2 is 1.96 bits per heavy atom. The van der Waals surface area contributed by atoms with Crippen molar-refractivity contribution in [2.24, 2.45) is 0 Å². The van der Waals surface area contributed by atoms with Crippen molar-refractivity contribution in [3.63, 3.8) is 0 Å². The van der Waals surface area contributed by atoms with Crippen LogP contribution >= 0.6 is 11.8 Å².